The van der Waals surface area contributed by atoms with Crippen molar-refractivity contribution < 1.29 is 4.74 Å². The maximum Gasteiger partial charge on any atom is 0.0591 e. The number of hydrogen-bond donors (Lipinski definition) is 1. The third kappa shape index (κ3) is 11.7. The predicted molar refractivity (Wildman–Crippen MR) is 58.0 cm³/mol. The standard InChI is InChI=1S/C11H23NO/c1-4-5-6-7-12-8-9-13-10-11(2)3/h4-5,11-12H,6-10H2,1-3H3/b5-4+. The van der Waals surface area contributed by atoms with Crippen LogP contribution in [0.4, 0.5) is 0 Å². The Hall–Kier alpha value is -0.340. The molecule has 0 spiro atoms. The van der Waals surface area contributed by atoms with Gasteiger partial charge in [-0.1, -0.05) is 26.0 Å². The molecule has 0 aromatic rings. The second kappa shape index (κ2) is 9.75. The van der Waals surface area contributed by atoms with Gasteiger partial charge in [-0.25, -0.2) is 0 Å². The highest BCUT2D eigenvalue weighted by atomic mass is 16.5. The van der Waals surface area contributed by atoms with Crippen molar-refractivity contribution in [1.29, 1.82) is 0 Å². The smallest absolute Gasteiger partial charge is 0.0591 e. The summed E-state index contributed by atoms with van der Waals surface area (Å²) in [6.07, 6.45) is 5.36. The van der Waals surface area contributed by atoms with Crippen LogP contribution < -0.4 is 5.32 Å². The number of nitrogens with one attached hydrogen (secondary N) is 1. The lowest BCUT2D eigenvalue weighted by atomic mass is 10.2. The molecule has 0 saturated heterocycles. The lowest BCUT2D eigenvalue weighted by Gasteiger charge is -2.06. The largest absolute Gasteiger partial charge is 0.380 e. The molecule has 13 heavy (non-hydrogen) atoms. The highest BCUT2D eigenvalue weighted by Gasteiger charge is 1.92. The Morgan fingerprint density at radius 1 is 1.31 bits per heavy atom. The van der Waals surface area contributed by atoms with Crippen molar-refractivity contribution in [3.05, 3.63) is 12.2 Å². The molecule has 0 radical (unpaired) electrons. The molecule has 0 unspecified atom stereocenters. The molecule has 78 valence electrons. The Morgan fingerprint density at radius 2 is 2.08 bits per heavy atom. The van der Waals surface area contributed by atoms with Crippen molar-refractivity contribution in [2.45, 2.75) is 27.2 Å². The molecule has 0 aliphatic rings. The maximum absolute atomic E-state index is 5.42. The fourth-order valence-electron chi connectivity index (χ4n) is 0.940. The highest BCUT2D eigenvalue weighted by Crippen LogP contribution is 1.90. The van der Waals surface area contributed by atoms with Gasteiger partial charge in [-0.05, 0) is 25.8 Å². The van der Waals surface area contributed by atoms with Gasteiger partial charge in [-0.2, -0.15) is 0 Å². The number of hydrogen-bond acceptors (Lipinski definition) is 2. The Bertz CT molecular complexity index is 121. The van der Waals surface area contributed by atoms with Gasteiger partial charge in [0.15, 0.2) is 0 Å². The van der Waals surface area contributed by atoms with E-state index in [1.807, 2.05) is 6.92 Å². The first-order valence-corrected chi connectivity index (χ1v) is 5.17. The first kappa shape index (κ1) is 12.7. The highest BCUT2D eigenvalue weighted by molar-refractivity contribution is 4.77. The Labute approximate surface area is 82.4 Å². The van der Waals surface area contributed by atoms with E-state index < -0.39 is 0 Å². The summed E-state index contributed by atoms with van der Waals surface area (Å²) >= 11 is 0. The van der Waals surface area contributed by atoms with Gasteiger partial charge in [-0.3, -0.25) is 0 Å². The van der Waals surface area contributed by atoms with Crippen LogP contribution in [0.3, 0.4) is 0 Å². The monoisotopic (exact) mass is 185 g/mol. The maximum atomic E-state index is 5.42. The van der Waals surface area contributed by atoms with Crippen LogP contribution in [0.1, 0.15) is 27.2 Å². The molecule has 1 N–H and O–H groups in total. The summed E-state index contributed by atoms with van der Waals surface area (Å²) in [6.45, 7) is 10.1. The van der Waals surface area contributed by atoms with Crippen LogP contribution >= 0.6 is 0 Å². The molecule has 0 rings (SSSR count). The minimum atomic E-state index is 0.642. The van der Waals surface area contributed by atoms with Crippen molar-refractivity contribution in [1.82, 2.24) is 5.32 Å². The molecule has 0 fully saturated rings. The van der Waals surface area contributed by atoms with Gasteiger partial charge >= 0.3 is 0 Å². The summed E-state index contributed by atoms with van der Waals surface area (Å²) in [6, 6.07) is 0. The van der Waals surface area contributed by atoms with Gasteiger partial charge in [0.05, 0.1) is 6.61 Å². The minimum absolute atomic E-state index is 0.642. The fourth-order valence-corrected chi connectivity index (χ4v) is 0.940. The average molecular weight is 185 g/mol. The number of ether oxygens (including phenoxy) is 1. The fraction of sp³-hybridized carbons (Fsp3) is 0.818. The predicted octanol–water partition coefficient (Wildman–Crippen LogP) is 2.21. The molecule has 0 aromatic carbocycles. The second-order valence-corrected chi connectivity index (χ2v) is 3.58. The van der Waals surface area contributed by atoms with Crippen molar-refractivity contribution in [2.24, 2.45) is 5.92 Å². The van der Waals surface area contributed by atoms with Crippen LogP contribution in [0, 0.1) is 5.92 Å². The molecule has 0 bridgehead atoms. The summed E-state index contributed by atoms with van der Waals surface area (Å²) in [4.78, 5) is 0. The van der Waals surface area contributed by atoms with Crippen LogP contribution in [0.2, 0.25) is 0 Å². The van der Waals surface area contributed by atoms with E-state index in [2.05, 4.69) is 31.3 Å². The normalized spacial score (nSPS) is 11.7. The molecule has 0 heterocycles. The first-order valence-electron chi connectivity index (χ1n) is 5.17. The summed E-state index contributed by atoms with van der Waals surface area (Å²) in [5.74, 6) is 0.642. The van der Waals surface area contributed by atoms with Crippen LogP contribution in [0.5, 0.6) is 0 Å². The van der Waals surface area contributed by atoms with Crippen LogP contribution in [0.15, 0.2) is 12.2 Å². The van der Waals surface area contributed by atoms with Crippen molar-refractivity contribution in [2.75, 3.05) is 26.3 Å². The molecule has 0 aliphatic carbocycles. The zero-order chi connectivity index (χ0) is 9.94. The zero-order valence-corrected chi connectivity index (χ0v) is 9.18. The quantitative estimate of drug-likeness (QED) is 0.462. The summed E-state index contributed by atoms with van der Waals surface area (Å²) < 4.78 is 5.42. The Kier molecular flexibility index (Phi) is 9.49. The van der Waals surface area contributed by atoms with Crippen molar-refractivity contribution in [3.63, 3.8) is 0 Å². The minimum Gasteiger partial charge on any atom is -0.380 e. The Balaban J connectivity index is 2.91. The molecule has 0 saturated carbocycles. The topological polar surface area (TPSA) is 21.3 Å². The van der Waals surface area contributed by atoms with Gasteiger partial charge in [0, 0.05) is 13.2 Å². The average Bonchev–Trinajstić information content (AvgIpc) is 2.09. The van der Waals surface area contributed by atoms with E-state index in [9.17, 15) is 0 Å². The van der Waals surface area contributed by atoms with Gasteiger partial charge in [0.25, 0.3) is 0 Å². The van der Waals surface area contributed by atoms with E-state index in [0.29, 0.717) is 5.92 Å². The summed E-state index contributed by atoms with van der Waals surface area (Å²) in [7, 11) is 0. The molecule has 0 amide bonds. The van der Waals surface area contributed by atoms with Crippen LogP contribution in [-0.4, -0.2) is 26.3 Å². The van der Waals surface area contributed by atoms with E-state index in [4.69, 9.17) is 4.74 Å². The number of allylic oxidation sites excluding steroid dienone is 1. The van der Waals surface area contributed by atoms with Crippen LogP contribution in [-0.2, 0) is 4.74 Å². The second-order valence-electron chi connectivity index (χ2n) is 3.58. The van der Waals surface area contributed by atoms with Crippen molar-refractivity contribution in [3.8, 4) is 0 Å². The van der Waals surface area contributed by atoms with E-state index in [1.54, 1.807) is 0 Å². The van der Waals surface area contributed by atoms with E-state index >= 15 is 0 Å². The zero-order valence-electron chi connectivity index (χ0n) is 9.18. The first-order chi connectivity index (χ1) is 6.27. The van der Waals surface area contributed by atoms with Gasteiger partial charge in [-0.15, -0.1) is 0 Å². The molecular weight excluding hydrogens is 162 g/mol. The molecule has 2 heteroatoms. The SMILES string of the molecule is C/C=C/CCNCCOCC(C)C. The summed E-state index contributed by atoms with van der Waals surface area (Å²) in [5.41, 5.74) is 0. The van der Waals surface area contributed by atoms with E-state index in [0.717, 1.165) is 32.7 Å². The van der Waals surface area contributed by atoms with E-state index in [1.165, 1.54) is 0 Å². The lowest BCUT2D eigenvalue weighted by Crippen LogP contribution is -2.21. The van der Waals surface area contributed by atoms with Crippen LogP contribution in [0.25, 0.3) is 0 Å². The molecule has 0 aromatic heterocycles. The third-order valence-electron chi connectivity index (χ3n) is 1.60. The van der Waals surface area contributed by atoms with E-state index in [-0.39, 0.29) is 0 Å². The van der Waals surface area contributed by atoms with Gasteiger partial charge < -0.3 is 10.1 Å². The molecular formula is C11H23NO. The van der Waals surface area contributed by atoms with Crippen molar-refractivity contribution >= 4 is 0 Å². The summed E-state index contributed by atoms with van der Waals surface area (Å²) in [5, 5.41) is 3.32. The number of rotatable bonds is 8. The van der Waals surface area contributed by atoms with Gasteiger partial charge in [0.1, 0.15) is 0 Å². The molecule has 0 aliphatic heterocycles. The molecule has 2 nitrogen and oxygen atoms in total. The molecule has 0 atom stereocenters. The van der Waals surface area contributed by atoms with Gasteiger partial charge in [0.2, 0.25) is 0 Å². The third-order valence-corrected chi connectivity index (χ3v) is 1.60. The lowest BCUT2D eigenvalue weighted by molar-refractivity contribution is 0.112. The Morgan fingerprint density at radius 3 is 2.69 bits per heavy atom.